The van der Waals surface area contributed by atoms with Gasteiger partial charge in [0.15, 0.2) is 11.5 Å². The molecule has 2 rings (SSSR count). The molecule has 18 heavy (non-hydrogen) atoms. The molecule has 0 spiro atoms. The summed E-state index contributed by atoms with van der Waals surface area (Å²) in [4.78, 5) is 9.23. The van der Waals surface area contributed by atoms with Crippen molar-refractivity contribution in [1.29, 1.82) is 0 Å². The van der Waals surface area contributed by atoms with Gasteiger partial charge in [0.1, 0.15) is 5.82 Å². The molecule has 0 aliphatic carbocycles. The van der Waals surface area contributed by atoms with Crippen molar-refractivity contribution >= 4 is 11.8 Å². The lowest BCUT2D eigenvalue weighted by Gasteiger charge is -2.16. The van der Waals surface area contributed by atoms with E-state index in [-0.39, 0.29) is 11.5 Å². The smallest absolute Gasteiger partial charge is 0.204 e. The fourth-order valence-electron chi connectivity index (χ4n) is 1.65. The van der Waals surface area contributed by atoms with Crippen LogP contribution in [0.4, 0.5) is 11.8 Å². The van der Waals surface area contributed by atoms with E-state index in [1.165, 1.54) is 12.1 Å². The second-order valence-electron chi connectivity index (χ2n) is 4.05. The SMILES string of the molecule is CNc1cnc(N(C)Cc2ccc(O)c(O)c2)[nH]1. The molecule has 1 aromatic carbocycles. The molecule has 0 fully saturated rings. The number of aromatic hydroxyl groups is 2. The van der Waals surface area contributed by atoms with E-state index in [1.807, 2.05) is 19.0 Å². The van der Waals surface area contributed by atoms with Crippen LogP contribution in [0.5, 0.6) is 11.5 Å². The van der Waals surface area contributed by atoms with Gasteiger partial charge in [0.05, 0.1) is 6.20 Å². The molecule has 96 valence electrons. The fourth-order valence-corrected chi connectivity index (χ4v) is 1.65. The lowest BCUT2D eigenvalue weighted by Crippen LogP contribution is -2.17. The average molecular weight is 248 g/mol. The second kappa shape index (κ2) is 4.87. The second-order valence-corrected chi connectivity index (χ2v) is 4.05. The van der Waals surface area contributed by atoms with Gasteiger partial charge in [0, 0.05) is 20.6 Å². The molecule has 0 amide bonds. The molecular formula is C12H16N4O2. The maximum Gasteiger partial charge on any atom is 0.204 e. The van der Waals surface area contributed by atoms with Gasteiger partial charge in [-0.15, -0.1) is 0 Å². The highest BCUT2D eigenvalue weighted by atomic mass is 16.3. The molecule has 2 aromatic rings. The lowest BCUT2D eigenvalue weighted by atomic mass is 10.2. The van der Waals surface area contributed by atoms with E-state index in [9.17, 15) is 10.2 Å². The predicted molar refractivity (Wildman–Crippen MR) is 70.0 cm³/mol. The van der Waals surface area contributed by atoms with Crippen LogP contribution in [0.1, 0.15) is 5.56 Å². The van der Waals surface area contributed by atoms with Gasteiger partial charge < -0.3 is 25.4 Å². The Bertz CT molecular complexity index is 539. The monoisotopic (exact) mass is 248 g/mol. The normalized spacial score (nSPS) is 10.3. The molecule has 4 N–H and O–H groups in total. The highest BCUT2D eigenvalue weighted by Gasteiger charge is 2.07. The van der Waals surface area contributed by atoms with Gasteiger partial charge in [-0.1, -0.05) is 6.07 Å². The number of phenols is 2. The summed E-state index contributed by atoms with van der Waals surface area (Å²) in [6.45, 7) is 0.574. The van der Waals surface area contributed by atoms with E-state index in [4.69, 9.17) is 0 Å². The van der Waals surface area contributed by atoms with Crippen molar-refractivity contribution in [3.8, 4) is 11.5 Å². The summed E-state index contributed by atoms with van der Waals surface area (Å²) in [5.41, 5.74) is 0.884. The Morgan fingerprint density at radius 1 is 1.33 bits per heavy atom. The van der Waals surface area contributed by atoms with Crippen molar-refractivity contribution < 1.29 is 10.2 Å². The number of imidazole rings is 1. The molecule has 0 aliphatic rings. The summed E-state index contributed by atoms with van der Waals surface area (Å²) in [6, 6.07) is 4.76. The number of phenolic OH excluding ortho intramolecular Hbond substituents is 2. The summed E-state index contributed by atoms with van der Waals surface area (Å²) in [5, 5.41) is 21.6. The zero-order valence-corrected chi connectivity index (χ0v) is 10.3. The topological polar surface area (TPSA) is 84.4 Å². The third-order valence-corrected chi connectivity index (χ3v) is 2.65. The predicted octanol–water partition coefficient (Wildman–Crippen LogP) is 1.50. The van der Waals surface area contributed by atoms with Crippen molar-refractivity contribution in [3.63, 3.8) is 0 Å². The molecule has 6 heteroatoms. The Morgan fingerprint density at radius 2 is 2.11 bits per heavy atom. The Balaban J connectivity index is 2.10. The number of aromatic nitrogens is 2. The first-order valence-corrected chi connectivity index (χ1v) is 5.55. The molecule has 0 unspecified atom stereocenters. The number of H-pyrrole nitrogens is 1. The Hall–Kier alpha value is -2.37. The van der Waals surface area contributed by atoms with Crippen LogP contribution in [0.2, 0.25) is 0 Å². The van der Waals surface area contributed by atoms with E-state index in [0.29, 0.717) is 6.54 Å². The van der Waals surface area contributed by atoms with Crippen molar-refractivity contribution in [1.82, 2.24) is 9.97 Å². The first kappa shape index (κ1) is 12.1. The standard InChI is InChI=1S/C12H16N4O2/c1-13-11-6-14-12(15-11)16(2)7-8-3-4-9(17)10(18)5-8/h3-6,13,17-18H,7H2,1-2H3,(H,14,15). The van der Waals surface area contributed by atoms with E-state index in [0.717, 1.165) is 17.3 Å². The number of rotatable bonds is 4. The van der Waals surface area contributed by atoms with Crippen molar-refractivity contribution in [2.45, 2.75) is 6.54 Å². The van der Waals surface area contributed by atoms with Crippen molar-refractivity contribution in [3.05, 3.63) is 30.0 Å². The highest BCUT2D eigenvalue weighted by Crippen LogP contribution is 2.25. The number of anilines is 2. The maximum absolute atomic E-state index is 9.42. The number of aromatic amines is 1. The van der Waals surface area contributed by atoms with Gasteiger partial charge >= 0.3 is 0 Å². The highest BCUT2D eigenvalue weighted by molar-refractivity contribution is 5.44. The molecule has 6 nitrogen and oxygen atoms in total. The van der Waals surface area contributed by atoms with Crippen LogP contribution in [-0.2, 0) is 6.54 Å². The third kappa shape index (κ3) is 2.48. The number of nitrogens with zero attached hydrogens (tertiary/aromatic N) is 2. The molecule has 0 saturated carbocycles. The van der Waals surface area contributed by atoms with Gasteiger partial charge in [0.2, 0.25) is 5.95 Å². The number of hydrogen-bond donors (Lipinski definition) is 4. The Morgan fingerprint density at radius 3 is 2.72 bits per heavy atom. The van der Waals surface area contributed by atoms with E-state index in [2.05, 4.69) is 15.3 Å². The van der Waals surface area contributed by atoms with Crippen molar-refractivity contribution in [2.24, 2.45) is 0 Å². The fraction of sp³-hybridized carbons (Fsp3) is 0.250. The first-order chi connectivity index (χ1) is 8.60. The summed E-state index contributed by atoms with van der Waals surface area (Å²) >= 11 is 0. The first-order valence-electron chi connectivity index (χ1n) is 5.55. The van der Waals surface area contributed by atoms with Gasteiger partial charge in [-0.05, 0) is 17.7 Å². The summed E-state index contributed by atoms with van der Waals surface area (Å²) in [6.07, 6.45) is 1.71. The Labute approximate surface area is 105 Å². The number of nitrogens with one attached hydrogen (secondary N) is 2. The van der Waals surface area contributed by atoms with Gasteiger partial charge in [0.25, 0.3) is 0 Å². The van der Waals surface area contributed by atoms with Gasteiger partial charge in [-0.2, -0.15) is 0 Å². The third-order valence-electron chi connectivity index (χ3n) is 2.65. The molecular weight excluding hydrogens is 232 g/mol. The molecule has 0 saturated heterocycles. The summed E-state index contributed by atoms with van der Waals surface area (Å²) in [5.74, 6) is 1.34. The lowest BCUT2D eigenvalue weighted by molar-refractivity contribution is 0.403. The van der Waals surface area contributed by atoms with Crippen LogP contribution in [0.15, 0.2) is 24.4 Å². The minimum atomic E-state index is -0.115. The molecule has 1 heterocycles. The number of hydrogen-bond acceptors (Lipinski definition) is 5. The largest absolute Gasteiger partial charge is 0.504 e. The van der Waals surface area contributed by atoms with Gasteiger partial charge in [-0.25, -0.2) is 4.98 Å². The summed E-state index contributed by atoms with van der Waals surface area (Å²) in [7, 11) is 3.71. The van der Waals surface area contributed by atoms with Crippen LogP contribution < -0.4 is 10.2 Å². The summed E-state index contributed by atoms with van der Waals surface area (Å²) < 4.78 is 0. The zero-order valence-electron chi connectivity index (χ0n) is 10.3. The maximum atomic E-state index is 9.42. The average Bonchev–Trinajstić information content (AvgIpc) is 2.82. The van der Waals surface area contributed by atoms with E-state index < -0.39 is 0 Å². The van der Waals surface area contributed by atoms with Crippen LogP contribution in [0, 0.1) is 0 Å². The molecule has 0 bridgehead atoms. The molecule has 0 aliphatic heterocycles. The van der Waals surface area contributed by atoms with Crippen LogP contribution >= 0.6 is 0 Å². The molecule has 0 atom stereocenters. The Kier molecular flexibility index (Phi) is 3.27. The van der Waals surface area contributed by atoms with Crippen molar-refractivity contribution in [2.75, 3.05) is 24.3 Å². The minimum absolute atomic E-state index is 0.114. The molecule has 0 radical (unpaired) electrons. The number of benzene rings is 1. The van der Waals surface area contributed by atoms with E-state index in [1.54, 1.807) is 12.3 Å². The quantitative estimate of drug-likeness (QED) is 0.616. The van der Waals surface area contributed by atoms with Crippen LogP contribution in [-0.4, -0.2) is 34.3 Å². The molecule has 1 aromatic heterocycles. The van der Waals surface area contributed by atoms with E-state index >= 15 is 0 Å². The zero-order chi connectivity index (χ0) is 13.1. The van der Waals surface area contributed by atoms with Crippen LogP contribution in [0.3, 0.4) is 0 Å². The van der Waals surface area contributed by atoms with Crippen LogP contribution in [0.25, 0.3) is 0 Å². The van der Waals surface area contributed by atoms with Gasteiger partial charge in [-0.3, -0.25) is 0 Å². The minimum Gasteiger partial charge on any atom is -0.504 e.